The van der Waals surface area contributed by atoms with Gasteiger partial charge in [0.05, 0.1) is 22.9 Å². The number of benzene rings is 1. The van der Waals surface area contributed by atoms with E-state index in [0.29, 0.717) is 33.8 Å². The molecule has 0 aliphatic carbocycles. The lowest BCUT2D eigenvalue weighted by Crippen LogP contribution is -2.14. The fourth-order valence-electron chi connectivity index (χ4n) is 3.59. The van der Waals surface area contributed by atoms with E-state index in [9.17, 15) is 9.18 Å². The smallest absolute Gasteiger partial charge is 0.194 e. The number of nitrogens with one attached hydrogen (secondary N) is 2. The zero-order valence-corrected chi connectivity index (χ0v) is 16.5. The zero-order valence-electron chi connectivity index (χ0n) is 16.5. The summed E-state index contributed by atoms with van der Waals surface area (Å²) in [6.07, 6.45) is 4.64. The molecule has 8 heteroatoms. The molecule has 31 heavy (non-hydrogen) atoms. The highest BCUT2D eigenvalue weighted by Crippen LogP contribution is 2.31. The molecule has 0 saturated carbocycles. The second-order valence-corrected chi connectivity index (χ2v) is 7.13. The summed E-state index contributed by atoms with van der Waals surface area (Å²) in [6, 6.07) is 13.2. The number of rotatable bonds is 4. The summed E-state index contributed by atoms with van der Waals surface area (Å²) in [4.78, 5) is 32.9. The molecule has 7 nitrogen and oxygen atoms in total. The molecule has 1 aromatic carbocycles. The van der Waals surface area contributed by atoms with Crippen molar-refractivity contribution in [3.05, 3.63) is 88.9 Å². The number of fused-ring (bicyclic) bond motifs is 2. The first-order valence-corrected chi connectivity index (χ1v) is 9.71. The Bertz CT molecular complexity index is 1460. The number of aromatic amines is 1. The van der Waals surface area contributed by atoms with Crippen LogP contribution in [-0.4, -0.2) is 24.9 Å². The van der Waals surface area contributed by atoms with Crippen LogP contribution >= 0.6 is 0 Å². The van der Waals surface area contributed by atoms with Crippen molar-refractivity contribution >= 4 is 27.8 Å². The molecule has 0 aliphatic heterocycles. The van der Waals surface area contributed by atoms with E-state index in [1.54, 1.807) is 18.5 Å². The number of hydrogen-bond donors (Lipinski definition) is 2. The number of aromatic nitrogens is 5. The summed E-state index contributed by atoms with van der Waals surface area (Å²) >= 11 is 0. The van der Waals surface area contributed by atoms with Gasteiger partial charge in [-0.2, -0.15) is 0 Å². The van der Waals surface area contributed by atoms with Gasteiger partial charge in [0.15, 0.2) is 5.43 Å². The first-order chi connectivity index (χ1) is 15.1. The minimum Gasteiger partial charge on any atom is -0.363 e. The van der Waals surface area contributed by atoms with Crippen LogP contribution < -0.4 is 10.7 Å². The van der Waals surface area contributed by atoms with Crippen molar-refractivity contribution in [3.63, 3.8) is 0 Å². The third kappa shape index (κ3) is 3.48. The van der Waals surface area contributed by atoms with E-state index in [1.807, 2.05) is 31.2 Å². The molecule has 4 aromatic heterocycles. The molecule has 0 fully saturated rings. The minimum atomic E-state index is -0.349. The van der Waals surface area contributed by atoms with Crippen LogP contribution in [0, 0.1) is 5.82 Å². The van der Waals surface area contributed by atoms with E-state index < -0.39 is 0 Å². The average Bonchev–Trinajstić information content (AvgIpc) is 2.79. The molecule has 0 saturated heterocycles. The van der Waals surface area contributed by atoms with Gasteiger partial charge in [-0.3, -0.25) is 9.78 Å². The van der Waals surface area contributed by atoms with Crippen molar-refractivity contribution in [2.24, 2.45) is 0 Å². The van der Waals surface area contributed by atoms with E-state index in [-0.39, 0.29) is 17.3 Å². The van der Waals surface area contributed by atoms with Crippen LogP contribution in [0.15, 0.2) is 72.0 Å². The van der Waals surface area contributed by atoms with Crippen molar-refractivity contribution in [3.8, 4) is 11.4 Å². The van der Waals surface area contributed by atoms with E-state index in [4.69, 9.17) is 4.98 Å². The summed E-state index contributed by atoms with van der Waals surface area (Å²) < 4.78 is 13.8. The minimum absolute atomic E-state index is 0.180. The van der Waals surface area contributed by atoms with E-state index in [0.717, 1.165) is 10.9 Å². The molecule has 0 amide bonds. The van der Waals surface area contributed by atoms with Gasteiger partial charge in [0.1, 0.15) is 29.0 Å². The van der Waals surface area contributed by atoms with Gasteiger partial charge >= 0.3 is 0 Å². The first-order valence-electron chi connectivity index (χ1n) is 9.71. The van der Waals surface area contributed by atoms with Gasteiger partial charge < -0.3 is 10.3 Å². The maximum absolute atomic E-state index is 13.8. The van der Waals surface area contributed by atoms with Crippen molar-refractivity contribution in [1.29, 1.82) is 0 Å². The number of anilines is 1. The molecule has 0 radical (unpaired) electrons. The SMILES string of the molecule is C[C@H](Nc1ncnc2[nH]ccc(=O)c12)c1cc2ccc(F)cc2nc1-c1ccccn1. The molecule has 4 heterocycles. The van der Waals surface area contributed by atoms with Gasteiger partial charge in [0, 0.05) is 35.5 Å². The molecule has 152 valence electrons. The molecule has 0 bridgehead atoms. The van der Waals surface area contributed by atoms with Gasteiger partial charge in [-0.25, -0.2) is 19.3 Å². The molecule has 5 rings (SSSR count). The van der Waals surface area contributed by atoms with Crippen LogP contribution in [0.3, 0.4) is 0 Å². The Labute approximate surface area is 176 Å². The second-order valence-electron chi connectivity index (χ2n) is 7.13. The fourth-order valence-corrected chi connectivity index (χ4v) is 3.59. The van der Waals surface area contributed by atoms with Gasteiger partial charge in [0.2, 0.25) is 0 Å². The Hall–Kier alpha value is -4.20. The second kappa shape index (κ2) is 7.56. The van der Waals surface area contributed by atoms with Crippen molar-refractivity contribution in [2.75, 3.05) is 5.32 Å². The van der Waals surface area contributed by atoms with Crippen LogP contribution in [0.1, 0.15) is 18.5 Å². The monoisotopic (exact) mass is 412 g/mol. The predicted octanol–water partition coefficient (Wildman–Crippen LogP) is 4.24. The quantitative estimate of drug-likeness (QED) is 0.458. The van der Waals surface area contributed by atoms with Gasteiger partial charge in [-0.15, -0.1) is 0 Å². The highest BCUT2D eigenvalue weighted by atomic mass is 19.1. The standard InChI is InChI=1S/C23H17FN6O/c1-13(29-23-20-19(31)7-9-26-22(20)27-12-28-23)16-10-14-5-6-15(24)11-18(14)30-21(16)17-4-2-3-8-25-17/h2-13H,1H3,(H2,26,27,28,29,31)/t13-/m0/s1. The molecular formula is C23H17FN6O. The van der Waals surface area contributed by atoms with Gasteiger partial charge in [0.25, 0.3) is 0 Å². The van der Waals surface area contributed by atoms with Gasteiger partial charge in [-0.1, -0.05) is 6.07 Å². The average molecular weight is 412 g/mol. The summed E-state index contributed by atoms with van der Waals surface area (Å²) in [5, 5.41) is 4.50. The molecule has 1 atom stereocenters. The van der Waals surface area contributed by atoms with E-state index in [2.05, 4.69) is 25.3 Å². The first kappa shape index (κ1) is 18.8. The van der Waals surface area contributed by atoms with E-state index in [1.165, 1.54) is 24.5 Å². The lowest BCUT2D eigenvalue weighted by Gasteiger charge is -2.19. The third-order valence-electron chi connectivity index (χ3n) is 5.08. The van der Waals surface area contributed by atoms with Crippen molar-refractivity contribution < 1.29 is 4.39 Å². The summed E-state index contributed by atoms with van der Waals surface area (Å²) in [5.74, 6) is 0.0723. The Morgan fingerprint density at radius 3 is 2.81 bits per heavy atom. The van der Waals surface area contributed by atoms with Crippen LogP contribution in [0.5, 0.6) is 0 Å². The fraction of sp³-hybridized carbons (Fsp3) is 0.0870. The summed E-state index contributed by atoms with van der Waals surface area (Å²) in [5.41, 5.74) is 2.96. The Kier molecular flexibility index (Phi) is 4.59. The Morgan fingerprint density at radius 1 is 1.06 bits per heavy atom. The molecule has 0 unspecified atom stereocenters. The van der Waals surface area contributed by atoms with Crippen LogP contribution in [-0.2, 0) is 0 Å². The lowest BCUT2D eigenvalue weighted by molar-refractivity contribution is 0.629. The number of pyridine rings is 3. The van der Waals surface area contributed by atoms with E-state index >= 15 is 0 Å². The zero-order chi connectivity index (χ0) is 21.4. The van der Waals surface area contributed by atoms with Crippen molar-refractivity contribution in [2.45, 2.75) is 13.0 Å². The van der Waals surface area contributed by atoms with Crippen LogP contribution in [0.25, 0.3) is 33.3 Å². The molecule has 0 aliphatic rings. The van der Waals surface area contributed by atoms with Crippen LogP contribution in [0.4, 0.5) is 10.2 Å². The molecular weight excluding hydrogens is 395 g/mol. The number of halogens is 1. The Balaban J connectivity index is 1.66. The Morgan fingerprint density at radius 2 is 1.97 bits per heavy atom. The number of hydrogen-bond acceptors (Lipinski definition) is 6. The van der Waals surface area contributed by atoms with Crippen LogP contribution in [0.2, 0.25) is 0 Å². The predicted molar refractivity (Wildman–Crippen MR) is 117 cm³/mol. The van der Waals surface area contributed by atoms with Gasteiger partial charge in [-0.05, 0) is 37.3 Å². The maximum atomic E-state index is 13.8. The molecule has 5 aromatic rings. The maximum Gasteiger partial charge on any atom is 0.194 e. The normalized spacial score (nSPS) is 12.2. The highest BCUT2D eigenvalue weighted by molar-refractivity contribution is 5.87. The summed E-state index contributed by atoms with van der Waals surface area (Å²) in [6.45, 7) is 1.95. The highest BCUT2D eigenvalue weighted by Gasteiger charge is 2.18. The third-order valence-corrected chi connectivity index (χ3v) is 5.08. The van der Waals surface area contributed by atoms with Crippen molar-refractivity contribution in [1.82, 2.24) is 24.9 Å². The summed E-state index contributed by atoms with van der Waals surface area (Å²) in [7, 11) is 0. The number of nitrogens with zero attached hydrogens (tertiary/aromatic N) is 4. The number of H-pyrrole nitrogens is 1. The molecule has 0 spiro atoms. The lowest BCUT2D eigenvalue weighted by atomic mass is 10.0. The largest absolute Gasteiger partial charge is 0.363 e. The molecule has 2 N–H and O–H groups in total. The topological polar surface area (TPSA) is 96.5 Å².